The Morgan fingerprint density at radius 2 is 2.12 bits per heavy atom. The Morgan fingerprint density at radius 1 is 1.38 bits per heavy atom. The summed E-state index contributed by atoms with van der Waals surface area (Å²) in [6.45, 7) is 0.302. The Hall–Kier alpha value is -1.29. The van der Waals surface area contributed by atoms with Crippen LogP contribution in [-0.2, 0) is 11.3 Å². The van der Waals surface area contributed by atoms with Crippen LogP contribution in [-0.4, -0.2) is 12.1 Å². The Bertz CT molecular complexity index is 353. The molecular weight excluding hydrogens is 206 g/mol. The van der Waals surface area contributed by atoms with E-state index in [1.807, 2.05) is 0 Å². The predicted molar refractivity (Wildman–Crippen MR) is 58.9 cm³/mol. The van der Waals surface area contributed by atoms with E-state index in [2.05, 4.69) is 0 Å². The van der Waals surface area contributed by atoms with Crippen molar-refractivity contribution in [3.05, 3.63) is 23.7 Å². The van der Waals surface area contributed by atoms with Crippen LogP contribution in [0.5, 0.6) is 0 Å². The fourth-order valence-corrected chi connectivity index (χ4v) is 1.99. The van der Waals surface area contributed by atoms with Gasteiger partial charge >= 0.3 is 5.97 Å². The highest BCUT2D eigenvalue weighted by Crippen LogP contribution is 2.21. The van der Waals surface area contributed by atoms with Gasteiger partial charge in [-0.15, -0.1) is 0 Å². The zero-order chi connectivity index (χ0) is 11.4. The molecule has 88 valence electrons. The molecule has 2 rings (SSSR count). The van der Waals surface area contributed by atoms with Gasteiger partial charge in [0, 0.05) is 0 Å². The van der Waals surface area contributed by atoms with Crippen LogP contribution in [0.25, 0.3) is 0 Å². The maximum Gasteiger partial charge on any atom is 0.374 e. The molecule has 1 aliphatic rings. The van der Waals surface area contributed by atoms with E-state index in [1.54, 1.807) is 12.1 Å². The van der Waals surface area contributed by atoms with Crippen molar-refractivity contribution in [1.82, 2.24) is 0 Å². The average Bonchev–Trinajstić information content (AvgIpc) is 2.79. The number of ether oxygens (including phenoxy) is 1. The lowest BCUT2D eigenvalue weighted by atomic mass is 9.98. The molecule has 16 heavy (non-hydrogen) atoms. The van der Waals surface area contributed by atoms with Crippen molar-refractivity contribution in [2.45, 2.75) is 44.8 Å². The molecule has 4 heteroatoms. The molecule has 4 nitrogen and oxygen atoms in total. The topological polar surface area (TPSA) is 65.5 Å². The summed E-state index contributed by atoms with van der Waals surface area (Å²) < 4.78 is 10.6. The first-order chi connectivity index (χ1) is 7.79. The molecule has 0 atom stereocenters. The summed E-state index contributed by atoms with van der Waals surface area (Å²) >= 11 is 0. The highest BCUT2D eigenvalue weighted by atomic mass is 16.6. The van der Waals surface area contributed by atoms with Gasteiger partial charge in [-0.1, -0.05) is 6.42 Å². The van der Waals surface area contributed by atoms with Crippen LogP contribution in [0, 0.1) is 0 Å². The van der Waals surface area contributed by atoms with Crippen LogP contribution in [0.15, 0.2) is 16.5 Å². The van der Waals surface area contributed by atoms with Crippen LogP contribution in [0.2, 0.25) is 0 Å². The molecule has 0 aliphatic heterocycles. The Morgan fingerprint density at radius 3 is 2.75 bits per heavy atom. The maximum atomic E-state index is 11.7. The molecule has 0 spiro atoms. The second-order valence-electron chi connectivity index (χ2n) is 4.14. The second kappa shape index (κ2) is 5.16. The number of hydrogen-bond acceptors (Lipinski definition) is 4. The number of esters is 1. The van der Waals surface area contributed by atoms with Gasteiger partial charge in [0.2, 0.25) is 5.76 Å². The van der Waals surface area contributed by atoms with E-state index in [0.29, 0.717) is 12.3 Å². The van der Waals surface area contributed by atoms with E-state index in [4.69, 9.17) is 14.9 Å². The van der Waals surface area contributed by atoms with E-state index in [9.17, 15) is 4.79 Å². The average molecular weight is 223 g/mol. The number of nitrogens with two attached hydrogens (primary N) is 1. The van der Waals surface area contributed by atoms with E-state index >= 15 is 0 Å². The third-order valence-electron chi connectivity index (χ3n) is 2.89. The van der Waals surface area contributed by atoms with Gasteiger partial charge in [-0.2, -0.15) is 0 Å². The second-order valence-corrected chi connectivity index (χ2v) is 4.14. The number of carbonyl (C=O) groups is 1. The molecule has 0 saturated heterocycles. The molecule has 1 aliphatic carbocycles. The van der Waals surface area contributed by atoms with Crippen LogP contribution in [0.1, 0.15) is 48.4 Å². The Balaban J connectivity index is 1.91. The summed E-state index contributed by atoms with van der Waals surface area (Å²) in [6.07, 6.45) is 5.53. The lowest BCUT2D eigenvalue weighted by Gasteiger charge is -2.21. The van der Waals surface area contributed by atoms with Gasteiger partial charge in [0.15, 0.2) is 0 Å². The zero-order valence-electron chi connectivity index (χ0n) is 9.28. The summed E-state index contributed by atoms with van der Waals surface area (Å²) in [6, 6.07) is 3.32. The van der Waals surface area contributed by atoms with Crippen molar-refractivity contribution in [2.75, 3.05) is 0 Å². The number of carbonyl (C=O) groups excluding carboxylic acids is 1. The number of rotatable bonds is 3. The lowest BCUT2D eigenvalue weighted by molar-refractivity contribution is 0.0175. The molecular formula is C12H17NO3. The van der Waals surface area contributed by atoms with Gasteiger partial charge in [0.25, 0.3) is 0 Å². The third-order valence-corrected chi connectivity index (χ3v) is 2.89. The molecule has 1 aromatic rings. The van der Waals surface area contributed by atoms with Crippen molar-refractivity contribution in [2.24, 2.45) is 5.73 Å². The van der Waals surface area contributed by atoms with Crippen LogP contribution in [0.3, 0.4) is 0 Å². The minimum atomic E-state index is -0.369. The summed E-state index contributed by atoms with van der Waals surface area (Å²) in [4.78, 5) is 11.7. The van der Waals surface area contributed by atoms with Gasteiger partial charge < -0.3 is 14.9 Å². The van der Waals surface area contributed by atoms with Crippen molar-refractivity contribution in [3.63, 3.8) is 0 Å². The highest BCUT2D eigenvalue weighted by Gasteiger charge is 2.20. The van der Waals surface area contributed by atoms with Crippen molar-refractivity contribution < 1.29 is 13.9 Å². The minimum absolute atomic E-state index is 0.0627. The molecule has 2 N–H and O–H groups in total. The largest absolute Gasteiger partial charge is 0.457 e. The minimum Gasteiger partial charge on any atom is -0.457 e. The van der Waals surface area contributed by atoms with Gasteiger partial charge in [0.05, 0.1) is 6.54 Å². The first-order valence-electron chi connectivity index (χ1n) is 5.79. The number of hydrogen-bond donors (Lipinski definition) is 1. The van der Waals surface area contributed by atoms with Crippen molar-refractivity contribution in [1.29, 1.82) is 0 Å². The zero-order valence-corrected chi connectivity index (χ0v) is 9.28. The Kier molecular flexibility index (Phi) is 3.62. The molecule has 1 saturated carbocycles. The Labute approximate surface area is 94.8 Å². The third kappa shape index (κ3) is 2.64. The molecule has 1 aromatic heterocycles. The summed E-state index contributed by atoms with van der Waals surface area (Å²) in [5, 5.41) is 0. The van der Waals surface area contributed by atoms with Crippen LogP contribution >= 0.6 is 0 Å². The molecule has 0 amide bonds. The smallest absolute Gasteiger partial charge is 0.374 e. The van der Waals surface area contributed by atoms with Gasteiger partial charge in [-0.05, 0) is 37.8 Å². The lowest BCUT2D eigenvalue weighted by Crippen LogP contribution is -2.20. The van der Waals surface area contributed by atoms with E-state index in [-0.39, 0.29) is 17.8 Å². The molecule has 0 unspecified atom stereocenters. The normalized spacial score (nSPS) is 17.3. The number of furan rings is 1. The summed E-state index contributed by atoms with van der Waals surface area (Å²) in [7, 11) is 0. The first kappa shape index (κ1) is 11.2. The monoisotopic (exact) mass is 223 g/mol. The molecule has 1 heterocycles. The SMILES string of the molecule is NCc1ccc(C(=O)OC2CCCCC2)o1. The van der Waals surface area contributed by atoms with E-state index in [0.717, 1.165) is 25.7 Å². The molecule has 0 bridgehead atoms. The van der Waals surface area contributed by atoms with E-state index in [1.165, 1.54) is 6.42 Å². The first-order valence-corrected chi connectivity index (χ1v) is 5.79. The quantitative estimate of drug-likeness (QED) is 0.798. The van der Waals surface area contributed by atoms with Gasteiger partial charge in [-0.25, -0.2) is 4.79 Å². The van der Waals surface area contributed by atoms with Crippen LogP contribution < -0.4 is 5.73 Å². The van der Waals surface area contributed by atoms with Gasteiger partial charge in [0.1, 0.15) is 11.9 Å². The maximum absolute atomic E-state index is 11.7. The van der Waals surface area contributed by atoms with E-state index < -0.39 is 0 Å². The van der Waals surface area contributed by atoms with Crippen molar-refractivity contribution in [3.8, 4) is 0 Å². The molecule has 0 aromatic carbocycles. The predicted octanol–water partition coefficient (Wildman–Crippen LogP) is 2.23. The molecule has 1 fully saturated rings. The van der Waals surface area contributed by atoms with Gasteiger partial charge in [-0.3, -0.25) is 0 Å². The standard InChI is InChI=1S/C12H17NO3/c13-8-10-6-7-11(15-10)12(14)16-9-4-2-1-3-5-9/h6-7,9H,1-5,8,13H2. The highest BCUT2D eigenvalue weighted by molar-refractivity contribution is 5.86. The fourth-order valence-electron chi connectivity index (χ4n) is 1.99. The summed E-state index contributed by atoms with van der Waals surface area (Å²) in [5.74, 6) is 0.494. The summed E-state index contributed by atoms with van der Waals surface area (Å²) in [5.41, 5.74) is 5.40. The van der Waals surface area contributed by atoms with Crippen molar-refractivity contribution >= 4 is 5.97 Å². The van der Waals surface area contributed by atoms with Crippen LogP contribution in [0.4, 0.5) is 0 Å². The fraction of sp³-hybridized carbons (Fsp3) is 0.583. The molecule has 0 radical (unpaired) electrons.